The third-order valence-corrected chi connectivity index (χ3v) is 4.68. The highest BCUT2D eigenvalue weighted by Crippen LogP contribution is 2.34. The molecule has 0 aliphatic carbocycles. The van der Waals surface area contributed by atoms with Crippen LogP contribution in [0.15, 0.2) is 30.3 Å². The molecule has 1 aromatic carbocycles. The summed E-state index contributed by atoms with van der Waals surface area (Å²) in [6, 6.07) is 10.2. The number of methoxy groups -OCH3 is 1. The quantitative estimate of drug-likeness (QED) is 0.777. The largest absolute Gasteiger partial charge is 0.469 e. The first-order valence-electron chi connectivity index (χ1n) is 8.17. The first kappa shape index (κ1) is 17.5. The molecule has 23 heavy (non-hydrogen) atoms. The smallest absolute Gasteiger partial charge is 0.305 e. The van der Waals surface area contributed by atoms with Gasteiger partial charge in [0.2, 0.25) is 5.91 Å². The Hall–Kier alpha value is -1.88. The average Bonchev–Trinajstić information content (AvgIpc) is 2.57. The monoisotopic (exact) mass is 318 g/mol. The number of benzene rings is 1. The molecule has 1 heterocycles. The van der Waals surface area contributed by atoms with Crippen molar-refractivity contribution in [2.45, 2.75) is 32.1 Å². The minimum atomic E-state index is -0.227. The van der Waals surface area contributed by atoms with E-state index in [1.807, 2.05) is 23.1 Å². The highest BCUT2D eigenvalue weighted by atomic mass is 16.5. The van der Waals surface area contributed by atoms with E-state index in [9.17, 15) is 9.59 Å². The molecule has 1 atom stereocenters. The van der Waals surface area contributed by atoms with Gasteiger partial charge in [0.15, 0.2) is 0 Å². The fourth-order valence-electron chi connectivity index (χ4n) is 3.20. The van der Waals surface area contributed by atoms with Crippen molar-refractivity contribution in [3.8, 4) is 0 Å². The van der Waals surface area contributed by atoms with Crippen molar-refractivity contribution in [2.75, 3.05) is 26.7 Å². The molecule has 1 aromatic rings. The fourth-order valence-corrected chi connectivity index (χ4v) is 3.20. The lowest BCUT2D eigenvalue weighted by Gasteiger charge is -2.41. The van der Waals surface area contributed by atoms with Crippen molar-refractivity contribution in [3.63, 3.8) is 0 Å². The van der Waals surface area contributed by atoms with Gasteiger partial charge < -0.3 is 15.4 Å². The number of carbonyl (C=O) groups excluding carboxylic acids is 2. The van der Waals surface area contributed by atoms with Crippen LogP contribution in [0.3, 0.4) is 0 Å². The highest BCUT2D eigenvalue weighted by Gasteiger charge is 2.37. The average molecular weight is 318 g/mol. The highest BCUT2D eigenvalue weighted by molar-refractivity contribution is 5.78. The Balaban J connectivity index is 1.90. The maximum absolute atomic E-state index is 12.5. The normalized spacial score (nSPS) is 21.3. The molecule has 0 saturated carbocycles. The molecule has 0 unspecified atom stereocenters. The van der Waals surface area contributed by atoms with Gasteiger partial charge in [-0.15, -0.1) is 0 Å². The third kappa shape index (κ3) is 4.79. The van der Waals surface area contributed by atoms with Crippen LogP contribution in [0.25, 0.3) is 0 Å². The second-order valence-corrected chi connectivity index (χ2v) is 6.35. The van der Waals surface area contributed by atoms with E-state index in [4.69, 9.17) is 5.73 Å². The van der Waals surface area contributed by atoms with Gasteiger partial charge in [0.1, 0.15) is 0 Å². The lowest BCUT2D eigenvalue weighted by molar-refractivity contribution is -0.142. The van der Waals surface area contributed by atoms with Crippen molar-refractivity contribution in [2.24, 2.45) is 11.1 Å². The first-order valence-corrected chi connectivity index (χ1v) is 8.17. The van der Waals surface area contributed by atoms with Crippen LogP contribution in [0.5, 0.6) is 0 Å². The maximum Gasteiger partial charge on any atom is 0.305 e. The molecular weight excluding hydrogens is 292 g/mol. The van der Waals surface area contributed by atoms with Gasteiger partial charge in [-0.2, -0.15) is 0 Å². The Morgan fingerprint density at radius 3 is 2.70 bits per heavy atom. The molecule has 0 radical (unpaired) electrons. The number of hydrogen-bond acceptors (Lipinski definition) is 4. The summed E-state index contributed by atoms with van der Waals surface area (Å²) >= 11 is 0. The van der Waals surface area contributed by atoms with Crippen molar-refractivity contribution < 1.29 is 14.3 Å². The molecular formula is C18H26N2O3. The first-order chi connectivity index (χ1) is 11.1. The number of hydrogen-bond donors (Lipinski definition) is 1. The molecule has 1 fully saturated rings. The number of carbonyl (C=O) groups is 2. The summed E-state index contributed by atoms with van der Waals surface area (Å²) in [5, 5.41) is 0. The van der Waals surface area contributed by atoms with Gasteiger partial charge in [-0.1, -0.05) is 30.3 Å². The molecule has 1 aliphatic rings. The standard InChI is InChI=1S/C18H26N2O3/c1-23-17(22)8-5-10-20-11-9-18(14-19,13-16(20)21)12-15-6-3-2-4-7-15/h2-4,6-7H,5,8-14,19H2,1H3/t18-/m0/s1. The number of ether oxygens (including phenoxy) is 1. The van der Waals surface area contributed by atoms with Gasteiger partial charge in [0.05, 0.1) is 7.11 Å². The molecule has 1 amide bonds. The molecule has 2 rings (SSSR count). The molecule has 1 saturated heterocycles. The van der Waals surface area contributed by atoms with Gasteiger partial charge in [-0.3, -0.25) is 9.59 Å². The topological polar surface area (TPSA) is 72.6 Å². The predicted octanol–water partition coefficient (Wildman–Crippen LogP) is 1.75. The van der Waals surface area contributed by atoms with Crippen LogP contribution >= 0.6 is 0 Å². The van der Waals surface area contributed by atoms with Crippen LogP contribution in [0.4, 0.5) is 0 Å². The molecule has 0 spiro atoms. The summed E-state index contributed by atoms with van der Waals surface area (Å²) in [7, 11) is 1.38. The lowest BCUT2D eigenvalue weighted by atomic mass is 9.73. The Morgan fingerprint density at radius 2 is 2.09 bits per heavy atom. The summed E-state index contributed by atoms with van der Waals surface area (Å²) in [5.41, 5.74) is 7.10. The van der Waals surface area contributed by atoms with E-state index in [2.05, 4.69) is 16.9 Å². The van der Waals surface area contributed by atoms with Crippen LogP contribution in [-0.2, 0) is 20.7 Å². The SMILES string of the molecule is COC(=O)CCCN1CC[C@](CN)(Cc2ccccc2)CC1=O. The molecule has 1 aliphatic heterocycles. The van der Waals surface area contributed by atoms with Gasteiger partial charge in [0, 0.05) is 25.9 Å². The van der Waals surface area contributed by atoms with Gasteiger partial charge in [0.25, 0.3) is 0 Å². The summed E-state index contributed by atoms with van der Waals surface area (Å²) in [6.45, 7) is 1.84. The number of nitrogens with two attached hydrogens (primary N) is 1. The van der Waals surface area contributed by atoms with E-state index in [1.54, 1.807) is 0 Å². The van der Waals surface area contributed by atoms with Crippen molar-refractivity contribution in [1.29, 1.82) is 0 Å². The minimum absolute atomic E-state index is 0.141. The summed E-state index contributed by atoms with van der Waals surface area (Å²) in [4.78, 5) is 25.5. The Kier molecular flexibility index (Phi) is 6.16. The van der Waals surface area contributed by atoms with Crippen molar-refractivity contribution in [3.05, 3.63) is 35.9 Å². The Bertz CT molecular complexity index is 532. The zero-order chi connectivity index (χ0) is 16.7. The van der Waals surface area contributed by atoms with Crippen molar-refractivity contribution in [1.82, 2.24) is 4.90 Å². The molecule has 126 valence electrons. The molecule has 5 nitrogen and oxygen atoms in total. The van der Waals surface area contributed by atoms with E-state index in [0.717, 1.165) is 12.8 Å². The number of esters is 1. The molecule has 2 N–H and O–H groups in total. The number of amides is 1. The van der Waals surface area contributed by atoms with E-state index in [1.165, 1.54) is 12.7 Å². The number of likely N-dealkylation sites (tertiary alicyclic amines) is 1. The number of nitrogens with zero attached hydrogens (tertiary/aromatic N) is 1. The zero-order valence-electron chi connectivity index (χ0n) is 13.8. The molecule has 5 heteroatoms. The fraction of sp³-hybridized carbons (Fsp3) is 0.556. The van der Waals surface area contributed by atoms with E-state index >= 15 is 0 Å². The van der Waals surface area contributed by atoms with E-state index < -0.39 is 0 Å². The van der Waals surface area contributed by atoms with Gasteiger partial charge >= 0.3 is 5.97 Å². The summed E-state index contributed by atoms with van der Waals surface area (Å²) in [6.07, 6.45) is 3.23. The van der Waals surface area contributed by atoms with Crippen LogP contribution in [0.1, 0.15) is 31.2 Å². The summed E-state index contributed by atoms with van der Waals surface area (Å²) in [5.74, 6) is -0.0858. The van der Waals surface area contributed by atoms with Gasteiger partial charge in [-0.05, 0) is 36.8 Å². The second-order valence-electron chi connectivity index (χ2n) is 6.35. The zero-order valence-corrected chi connectivity index (χ0v) is 13.8. The number of rotatable bonds is 7. The van der Waals surface area contributed by atoms with Crippen LogP contribution < -0.4 is 5.73 Å². The number of piperidine rings is 1. The van der Waals surface area contributed by atoms with Crippen LogP contribution in [-0.4, -0.2) is 43.5 Å². The van der Waals surface area contributed by atoms with E-state index in [0.29, 0.717) is 38.9 Å². The minimum Gasteiger partial charge on any atom is -0.469 e. The third-order valence-electron chi connectivity index (χ3n) is 4.68. The predicted molar refractivity (Wildman–Crippen MR) is 88.7 cm³/mol. The van der Waals surface area contributed by atoms with E-state index in [-0.39, 0.29) is 17.3 Å². The Labute approximate surface area is 137 Å². The lowest BCUT2D eigenvalue weighted by Crippen LogP contribution is -2.48. The van der Waals surface area contributed by atoms with Crippen LogP contribution in [0.2, 0.25) is 0 Å². The van der Waals surface area contributed by atoms with Crippen LogP contribution in [0, 0.1) is 5.41 Å². The molecule has 0 bridgehead atoms. The molecule has 0 aromatic heterocycles. The second kappa shape index (κ2) is 8.11. The van der Waals surface area contributed by atoms with Crippen molar-refractivity contribution >= 4 is 11.9 Å². The van der Waals surface area contributed by atoms with Gasteiger partial charge in [-0.25, -0.2) is 0 Å². The maximum atomic E-state index is 12.5. The summed E-state index contributed by atoms with van der Waals surface area (Å²) < 4.78 is 4.62. The Morgan fingerprint density at radius 1 is 1.35 bits per heavy atom.